The van der Waals surface area contributed by atoms with Crippen molar-refractivity contribution in [2.24, 2.45) is 0 Å². The number of rotatable bonds is 8. The Morgan fingerprint density at radius 3 is 2.40 bits per heavy atom. The number of nitrogens with one attached hydrogen (secondary N) is 1. The van der Waals surface area contributed by atoms with E-state index in [0.29, 0.717) is 5.56 Å². The monoisotopic (exact) mass is 369 g/mol. The minimum atomic E-state index is -3.90. The Kier molecular flexibility index (Phi) is 6.36. The van der Waals surface area contributed by atoms with Gasteiger partial charge in [-0.3, -0.25) is 4.72 Å². The molecule has 0 spiro atoms. The average molecular weight is 369 g/mol. The summed E-state index contributed by atoms with van der Waals surface area (Å²) in [6, 6.07) is 10.9. The van der Waals surface area contributed by atoms with Gasteiger partial charge in [0.05, 0.1) is 10.6 Å². The summed E-state index contributed by atoms with van der Waals surface area (Å²) in [6.45, 7) is 0.748. The summed E-state index contributed by atoms with van der Waals surface area (Å²) >= 11 is 0. The molecule has 7 heteroatoms. The van der Waals surface area contributed by atoms with Crippen molar-refractivity contribution >= 4 is 15.7 Å². The van der Waals surface area contributed by atoms with Crippen LogP contribution in [0.1, 0.15) is 30.9 Å². The van der Waals surface area contributed by atoms with E-state index in [0.717, 1.165) is 24.8 Å². The lowest BCUT2D eigenvalue weighted by atomic mass is 10.1. The Bertz CT molecular complexity index is 806. The van der Waals surface area contributed by atoms with Crippen LogP contribution in [-0.4, -0.2) is 15.0 Å². The quantitative estimate of drug-likeness (QED) is 0.731. The molecule has 0 aliphatic rings. The van der Waals surface area contributed by atoms with E-state index in [4.69, 9.17) is 0 Å². The van der Waals surface area contributed by atoms with Gasteiger partial charge in [-0.15, -0.1) is 0 Å². The molecule has 0 radical (unpaired) electrons. The average Bonchev–Trinajstić information content (AvgIpc) is 2.55. The van der Waals surface area contributed by atoms with Crippen LogP contribution in [0, 0.1) is 6.92 Å². The van der Waals surface area contributed by atoms with Crippen molar-refractivity contribution in [1.29, 1.82) is 0 Å². The first-order valence-corrected chi connectivity index (χ1v) is 9.47. The molecular weight excluding hydrogens is 348 g/mol. The third-order valence-corrected chi connectivity index (χ3v) is 5.03. The van der Waals surface area contributed by atoms with Gasteiger partial charge in [0.25, 0.3) is 10.0 Å². The molecule has 1 N–H and O–H groups in total. The first-order valence-electron chi connectivity index (χ1n) is 7.99. The van der Waals surface area contributed by atoms with Crippen molar-refractivity contribution in [3.05, 3.63) is 53.6 Å². The molecule has 0 aromatic heterocycles. The number of unbranched alkanes of at least 4 members (excludes halogenated alkanes) is 1. The highest BCUT2D eigenvalue weighted by molar-refractivity contribution is 7.92. The van der Waals surface area contributed by atoms with E-state index >= 15 is 0 Å². The van der Waals surface area contributed by atoms with Crippen molar-refractivity contribution in [2.75, 3.05) is 4.72 Å². The summed E-state index contributed by atoms with van der Waals surface area (Å²) in [6.07, 6.45) is 2.97. The summed E-state index contributed by atoms with van der Waals surface area (Å²) in [5.74, 6) is -0.210. The molecule has 0 bridgehead atoms. The fourth-order valence-corrected chi connectivity index (χ4v) is 3.40. The molecule has 0 fully saturated rings. The summed E-state index contributed by atoms with van der Waals surface area (Å²) in [7, 11) is -3.90. The lowest BCUT2D eigenvalue weighted by Crippen LogP contribution is -2.15. The third-order valence-electron chi connectivity index (χ3n) is 3.65. The highest BCUT2D eigenvalue weighted by Gasteiger charge is 2.18. The van der Waals surface area contributed by atoms with E-state index in [-0.39, 0.29) is 16.3 Å². The molecule has 136 valence electrons. The summed E-state index contributed by atoms with van der Waals surface area (Å²) in [5.41, 5.74) is 1.71. The number of hydrogen-bond donors (Lipinski definition) is 1. The second-order valence-electron chi connectivity index (χ2n) is 5.73. The van der Waals surface area contributed by atoms with E-state index in [2.05, 4.69) is 16.4 Å². The van der Waals surface area contributed by atoms with Gasteiger partial charge < -0.3 is 4.74 Å². The Labute approximate surface area is 146 Å². The van der Waals surface area contributed by atoms with E-state index in [1.807, 2.05) is 0 Å². The number of halogens is 2. The standard InChI is InChI=1S/C18H21F2NO3S/c1-3-4-5-14-7-9-15(10-8-14)25(22,23)21-16-11-6-13(2)12-17(16)24-18(19)20/h6-12,18,21H,3-5H2,1-2H3. The minimum absolute atomic E-state index is 0.0269. The Hall–Kier alpha value is -2.15. The summed E-state index contributed by atoms with van der Waals surface area (Å²) in [4.78, 5) is 0.0660. The molecule has 2 rings (SSSR count). The Balaban J connectivity index is 2.23. The second kappa shape index (κ2) is 8.29. The number of alkyl halides is 2. The fourth-order valence-electron chi connectivity index (χ4n) is 2.33. The van der Waals surface area contributed by atoms with Gasteiger partial charge in [0.1, 0.15) is 5.75 Å². The van der Waals surface area contributed by atoms with E-state index in [1.165, 1.54) is 24.3 Å². The van der Waals surface area contributed by atoms with E-state index in [1.54, 1.807) is 25.1 Å². The van der Waals surface area contributed by atoms with Gasteiger partial charge in [-0.05, 0) is 55.2 Å². The van der Waals surface area contributed by atoms with Crippen LogP contribution >= 0.6 is 0 Å². The van der Waals surface area contributed by atoms with Crippen LogP contribution in [0.4, 0.5) is 14.5 Å². The van der Waals surface area contributed by atoms with Crippen LogP contribution in [0.15, 0.2) is 47.4 Å². The predicted octanol–water partition coefficient (Wildman–Crippen LogP) is 4.74. The first kappa shape index (κ1) is 19.2. The molecule has 0 saturated carbocycles. The van der Waals surface area contributed by atoms with Crippen LogP contribution < -0.4 is 9.46 Å². The zero-order valence-electron chi connectivity index (χ0n) is 14.1. The third kappa shape index (κ3) is 5.42. The molecule has 2 aromatic carbocycles. The smallest absolute Gasteiger partial charge is 0.387 e. The van der Waals surface area contributed by atoms with Crippen molar-refractivity contribution < 1.29 is 21.9 Å². The van der Waals surface area contributed by atoms with E-state index < -0.39 is 16.6 Å². The number of ether oxygens (including phenoxy) is 1. The van der Waals surface area contributed by atoms with Gasteiger partial charge in [-0.2, -0.15) is 8.78 Å². The maximum absolute atomic E-state index is 12.5. The largest absolute Gasteiger partial charge is 0.433 e. The van der Waals surface area contributed by atoms with Gasteiger partial charge in [0.15, 0.2) is 0 Å². The SMILES string of the molecule is CCCCc1ccc(S(=O)(=O)Nc2ccc(C)cc2OC(F)F)cc1. The van der Waals surface area contributed by atoms with Crippen molar-refractivity contribution in [3.63, 3.8) is 0 Å². The maximum Gasteiger partial charge on any atom is 0.387 e. The van der Waals surface area contributed by atoms with Crippen LogP contribution in [0.3, 0.4) is 0 Å². The van der Waals surface area contributed by atoms with Crippen molar-refractivity contribution in [1.82, 2.24) is 0 Å². The summed E-state index contributed by atoms with van der Waals surface area (Å²) in [5, 5.41) is 0. The van der Waals surface area contributed by atoms with Crippen LogP contribution in [0.2, 0.25) is 0 Å². The topological polar surface area (TPSA) is 55.4 Å². The number of sulfonamides is 1. The molecule has 0 heterocycles. The Morgan fingerprint density at radius 2 is 1.80 bits per heavy atom. The van der Waals surface area contributed by atoms with Crippen LogP contribution in [0.25, 0.3) is 0 Å². The fraction of sp³-hybridized carbons (Fsp3) is 0.333. The molecule has 0 amide bonds. The molecule has 25 heavy (non-hydrogen) atoms. The van der Waals surface area contributed by atoms with Crippen molar-refractivity contribution in [3.8, 4) is 5.75 Å². The molecule has 0 aliphatic heterocycles. The molecule has 0 unspecified atom stereocenters. The molecular formula is C18H21F2NO3S. The van der Waals surface area contributed by atoms with E-state index in [9.17, 15) is 17.2 Å². The van der Waals surface area contributed by atoms with Crippen LogP contribution in [-0.2, 0) is 16.4 Å². The van der Waals surface area contributed by atoms with Gasteiger partial charge >= 0.3 is 6.61 Å². The summed E-state index contributed by atoms with van der Waals surface area (Å²) < 4.78 is 56.8. The number of benzene rings is 2. The number of hydrogen-bond acceptors (Lipinski definition) is 3. The lowest BCUT2D eigenvalue weighted by molar-refractivity contribution is -0.0493. The van der Waals surface area contributed by atoms with Gasteiger partial charge in [-0.25, -0.2) is 8.42 Å². The molecule has 4 nitrogen and oxygen atoms in total. The van der Waals surface area contributed by atoms with Gasteiger partial charge in [0.2, 0.25) is 0 Å². The maximum atomic E-state index is 12.5. The van der Waals surface area contributed by atoms with Gasteiger partial charge in [-0.1, -0.05) is 31.5 Å². The lowest BCUT2D eigenvalue weighted by Gasteiger charge is -2.14. The van der Waals surface area contributed by atoms with Gasteiger partial charge in [0, 0.05) is 0 Å². The van der Waals surface area contributed by atoms with Crippen LogP contribution in [0.5, 0.6) is 5.75 Å². The zero-order chi connectivity index (χ0) is 18.4. The predicted molar refractivity (Wildman–Crippen MR) is 93.7 cm³/mol. The molecule has 0 saturated heterocycles. The minimum Gasteiger partial charge on any atom is -0.433 e. The normalized spacial score (nSPS) is 11.6. The highest BCUT2D eigenvalue weighted by Crippen LogP contribution is 2.29. The second-order valence-corrected chi connectivity index (χ2v) is 7.41. The zero-order valence-corrected chi connectivity index (χ0v) is 14.9. The first-order chi connectivity index (χ1) is 11.8. The number of aryl methyl sites for hydroxylation is 2. The highest BCUT2D eigenvalue weighted by atomic mass is 32.2. The van der Waals surface area contributed by atoms with Crippen molar-refractivity contribution in [2.45, 2.75) is 44.6 Å². The molecule has 0 atom stereocenters. The Morgan fingerprint density at radius 1 is 1.12 bits per heavy atom. The molecule has 0 aliphatic carbocycles. The molecule has 2 aromatic rings. The number of anilines is 1.